The maximum atomic E-state index is 10.5. The van der Waals surface area contributed by atoms with Crippen LogP contribution < -0.4 is 29.6 Å². The van der Waals surface area contributed by atoms with Crippen LogP contribution in [-0.2, 0) is 19.3 Å². The van der Waals surface area contributed by atoms with Gasteiger partial charge in [0.2, 0.25) is 10.4 Å². The van der Waals surface area contributed by atoms with Gasteiger partial charge < -0.3 is 9.29 Å². The van der Waals surface area contributed by atoms with Crippen LogP contribution in [0, 0.1) is 0 Å². The summed E-state index contributed by atoms with van der Waals surface area (Å²) in [5, 5.41) is 0. The van der Waals surface area contributed by atoms with Crippen LogP contribution in [0.4, 0.5) is 0 Å². The van der Waals surface area contributed by atoms with Crippen molar-refractivity contribution < 1.29 is 51.4 Å². The third-order valence-electron chi connectivity index (χ3n) is 2.80. The van der Waals surface area contributed by atoms with Crippen LogP contribution in [0.15, 0.2) is 0 Å². The topological polar surface area (TPSA) is 75.7 Å². The summed E-state index contributed by atoms with van der Waals surface area (Å²) in [7, 11) is -4.68. The molecule has 0 aromatic heterocycles. The summed E-state index contributed by atoms with van der Waals surface area (Å²) < 4.78 is 41.1. The number of hydrogen-bond acceptors (Lipinski definition) is 5. The Morgan fingerprint density at radius 2 is 1.50 bits per heavy atom. The largest absolute Gasteiger partial charge is 1.00 e. The molecule has 0 amide bonds. The van der Waals surface area contributed by atoms with Crippen molar-refractivity contribution in [3.05, 3.63) is 0 Å². The minimum absolute atomic E-state index is 0. The van der Waals surface area contributed by atoms with Gasteiger partial charge in [-0.2, -0.15) is 0 Å². The molecule has 20 heavy (non-hydrogen) atoms. The van der Waals surface area contributed by atoms with Gasteiger partial charge in [0.05, 0.1) is 0 Å². The molecule has 0 saturated carbocycles. The fourth-order valence-electron chi connectivity index (χ4n) is 1.80. The zero-order chi connectivity index (χ0) is 14.6. The van der Waals surface area contributed by atoms with E-state index in [1.165, 1.54) is 32.1 Å². The molecular weight excluding hydrogens is 291 g/mol. The maximum Gasteiger partial charge on any atom is 1.00 e. The van der Waals surface area contributed by atoms with E-state index in [2.05, 4.69) is 11.1 Å². The second kappa shape index (κ2) is 14.8. The average molecular weight is 318 g/mol. The molecule has 0 N–H and O–H groups in total. The predicted molar refractivity (Wildman–Crippen MR) is 73.4 cm³/mol. The molecule has 1 atom stereocenters. The second-order valence-electron chi connectivity index (χ2n) is 4.71. The van der Waals surface area contributed by atoms with Crippen LogP contribution in [-0.4, -0.2) is 25.9 Å². The molecule has 0 saturated heterocycles. The van der Waals surface area contributed by atoms with Crippen LogP contribution in [0.5, 0.6) is 0 Å². The number of unbranched alkanes of at least 4 members (excludes halogenated alkanes) is 6. The summed E-state index contributed by atoms with van der Waals surface area (Å²) >= 11 is 0. The third-order valence-corrected chi connectivity index (χ3v) is 3.25. The van der Waals surface area contributed by atoms with E-state index >= 15 is 0 Å². The molecule has 0 fully saturated rings. The van der Waals surface area contributed by atoms with E-state index < -0.39 is 16.7 Å². The van der Waals surface area contributed by atoms with E-state index in [-0.39, 0.29) is 29.6 Å². The van der Waals surface area contributed by atoms with Gasteiger partial charge in [0.25, 0.3) is 0 Å². The Morgan fingerprint density at radius 3 is 2.00 bits per heavy atom. The monoisotopic (exact) mass is 318 g/mol. The van der Waals surface area contributed by atoms with Gasteiger partial charge in [-0.1, -0.05) is 58.8 Å². The quantitative estimate of drug-likeness (QED) is 0.161. The summed E-state index contributed by atoms with van der Waals surface area (Å²) in [6, 6.07) is 0. The zero-order valence-corrected chi connectivity index (χ0v) is 15.9. The molecule has 0 heterocycles. The molecule has 116 valence electrons. The van der Waals surface area contributed by atoms with Crippen LogP contribution in [0.1, 0.15) is 71.6 Å². The molecule has 0 spiro atoms. The molecule has 5 nitrogen and oxygen atoms in total. The number of ether oxygens (including phenoxy) is 1. The van der Waals surface area contributed by atoms with Gasteiger partial charge in [0.15, 0.2) is 6.29 Å². The SMILES string of the molecule is CCCCCCCCCOC(CCC)OS(=O)(=O)[O-].[Na+]. The maximum absolute atomic E-state index is 10.5. The van der Waals surface area contributed by atoms with Gasteiger partial charge >= 0.3 is 29.6 Å². The van der Waals surface area contributed by atoms with Crippen molar-refractivity contribution in [3.63, 3.8) is 0 Å². The van der Waals surface area contributed by atoms with E-state index in [0.29, 0.717) is 19.4 Å². The Bertz CT molecular complexity index is 295. The Labute approximate surface area is 146 Å². The van der Waals surface area contributed by atoms with Crippen LogP contribution in [0.25, 0.3) is 0 Å². The van der Waals surface area contributed by atoms with Gasteiger partial charge in [-0.05, 0) is 12.8 Å². The number of hydrogen-bond donors (Lipinski definition) is 0. The van der Waals surface area contributed by atoms with Crippen LogP contribution >= 0.6 is 0 Å². The molecule has 0 aliphatic carbocycles. The van der Waals surface area contributed by atoms with Gasteiger partial charge in [0.1, 0.15) is 0 Å². The summed E-state index contributed by atoms with van der Waals surface area (Å²) in [6.07, 6.45) is 8.32. The Kier molecular flexibility index (Phi) is 17.0. The zero-order valence-electron chi connectivity index (χ0n) is 13.1. The summed E-state index contributed by atoms with van der Waals surface area (Å²) in [5.41, 5.74) is 0. The van der Waals surface area contributed by atoms with Crippen molar-refractivity contribution >= 4 is 10.4 Å². The second-order valence-corrected chi connectivity index (χ2v) is 5.72. The van der Waals surface area contributed by atoms with Crippen molar-refractivity contribution in [2.24, 2.45) is 0 Å². The van der Waals surface area contributed by atoms with Crippen LogP contribution in [0.3, 0.4) is 0 Å². The Balaban J connectivity index is 0. The average Bonchev–Trinajstić information content (AvgIpc) is 2.31. The van der Waals surface area contributed by atoms with Crippen molar-refractivity contribution in [2.75, 3.05) is 6.61 Å². The molecule has 1 unspecified atom stereocenters. The van der Waals surface area contributed by atoms with Gasteiger partial charge in [-0.3, -0.25) is 0 Å². The predicted octanol–water partition coefficient (Wildman–Crippen LogP) is 0.361. The molecule has 0 bridgehead atoms. The fraction of sp³-hybridized carbons (Fsp3) is 1.00. The molecule has 0 radical (unpaired) electrons. The molecule has 0 rings (SSSR count). The molecule has 7 heteroatoms. The van der Waals surface area contributed by atoms with Crippen molar-refractivity contribution in [1.29, 1.82) is 0 Å². The van der Waals surface area contributed by atoms with Gasteiger partial charge in [-0.25, -0.2) is 12.6 Å². The first-order chi connectivity index (χ1) is 8.99. The molecule has 0 aliphatic rings. The Morgan fingerprint density at radius 1 is 0.950 bits per heavy atom. The normalized spacial score (nSPS) is 12.9. The van der Waals surface area contributed by atoms with Crippen molar-refractivity contribution in [2.45, 2.75) is 77.9 Å². The van der Waals surface area contributed by atoms with E-state index in [0.717, 1.165) is 12.8 Å². The van der Waals surface area contributed by atoms with Crippen LogP contribution in [0.2, 0.25) is 0 Å². The number of rotatable bonds is 13. The summed E-state index contributed by atoms with van der Waals surface area (Å²) in [6.45, 7) is 4.50. The first-order valence-corrected chi connectivity index (χ1v) is 8.58. The van der Waals surface area contributed by atoms with E-state index in [1.807, 2.05) is 6.92 Å². The Hall–Kier alpha value is 0.830. The molecule has 0 aliphatic heterocycles. The summed E-state index contributed by atoms with van der Waals surface area (Å²) in [5.74, 6) is 0. The van der Waals surface area contributed by atoms with Gasteiger partial charge in [0, 0.05) is 6.61 Å². The fourth-order valence-corrected chi connectivity index (χ4v) is 2.21. The first-order valence-electron chi connectivity index (χ1n) is 7.25. The minimum Gasteiger partial charge on any atom is -0.725 e. The minimum atomic E-state index is -4.68. The molecular formula is C13H27NaO5S. The first kappa shape index (κ1) is 23.1. The van der Waals surface area contributed by atoms with E-state index in [9.17, 15) is 13.0 Å². The van der Waals surface area contributed by atoms with E-state index in [4.69, 9.17) is 4.74 Å². The molecule has 0 aromatic carbocycles. The van der Waals surface area contributed by atoms with Crippen molar-refractivity contribution in [3.8, 4) is 0 Å². The van der Waals surface area contributed by atoms with Gasteiger partial charge in [-0.15, -0.1) is 0 Å². The smallest absolute Gasteiger partial charge is 0.725 e. The molecule has 0 aromatic rings. The third kappa shape index (κ3) is 16.9. The van der Waals surface area contributed by atoms with E-state index in [1.54, 1.807) is 0 Å². The standard InChI is InChI=1S/C13H28O5S.Na/c1-3-5-6-7-8-9-10-12-17-13(11-4-2)18-19(14,15)16;/h13H,3-12H2,1-2H3,(H,14,15,16);/q;+1/p-1. The van der Waals surface area contributed by atoms with Crippen molar-refractivity contribution in [1.82, 2.24) is 0 Å². The summed E-state index contributed by atoms with van der Waals surface area (Å²) in [4.78, 5) is 0.